The number of fused-ring (bicyclic) bond motifs is 1. The van der Waals surface area contributed by atoms with Crippen molar-refractivity contribution in [3.05, 3.63) is 29.3 Å². The van der Waals surface area contributed by atoms with E-state index in [1.54, 1.807) is 0 Å². The fraction of sp³-hybridized carbons (Fsp3) is 0.417. The lowest BCUT2D eigenvalue weighted by Crippen LogP contribution is -2.41. The summed E-state index contributed by atoms with van der Waals surface area (Å²) >= 11 is 0. The van der Waals surface area contributed by atoms with Crippen LogP contribution in [0.4, 0.5) is 5.69 Å². The molecule has 16 heavy (non-hydrogen) atoms. The van der Waals surface area contributed by atoms with Crippen molar-refractivity contribution in [2.45, 2.75) is 25.3 Å². The highest BCUT2D eigenvalue weighted by Crippen LogP contribution is 2.24. The first-order chi connectivity index (χ1) is 7.66. The molecule has 0 spiro atoms. The van der Waals surface area contributed by atoms with Crippen molar-refractivity contribution in [1.29, 1.82) is 0 Å². The number of amides is 1. The summed E-state index contributed by atoms with van der Waals surface area (Å²) in [4.78, 5) is 10.8. The van der Waals surface area contributed by atoms with Crippen LogP contribution in [0.15, 0.2) is 18.2 Å². The van der Waals surface area contributed by atoms with Crippen LogP contribution in [-0.2, 0) is 17.6 Å². The molecular formula is C12H17N3O. The van der Waals surface area contributed by atoms with E-state index in [2.05, 4.69) is 17.4 Å². The number of anilines is 1. The van der Waals surface area contributed by atoms with E-state index in [1.165, 1.54) is 24.0 Å². The first kappa shape index (κ1) is 11.0. The summed E-state index contributed by atoms with van der Waals surface area (Å²) in [6.07, 6.45) is 3.56. The van der Waals surface area contributed by atoms with Crippen molar-refractivity contribution in [1.82, 2.24) is 0 Å². The molecule has 1 aromatic rings. The molecule has 1 aliphatic carbocycles. The van der Waals surface area contributed by atoms with Crippen LogP contribution in [0.2, 0.25) is 0 Å². The minimum atomic E-state index is -0.631. The molecule has 1 atom stereocenters. The Morgan fingerprint density at radius 1 is 1.38 bits per heavy atom. The van der Waals surface area contributed by atoms with Gasteiger partial charge in [0, 0.05) is 12.2 Å². The topological polar surface area (TPSA) is 81.1 Å². The van der Waals surface area contributed by atoms with Gasteiger partial charge in [-0.05, 0) is 42.5 Å². The molecule has 86 valence electrons. The maximum absolute atomic E-state index is 10.8. The third kappa shape index (κ3) is 2.33. The van der Waals surface area contributed by atoms with Crippen molar-refractivity contribution < 1.29 is 4.79 Å². The van der Waals surface area contributed by atoms with Crippen LogP contribution >= 0.6 is 0 Å². The van der Waals surface area contributed by atoms with Gasteiger partial charge in [-0.25, -0.2) is 0 Å². The number of hydrogen-bond donors (Lipinski definition) is 3. The number of nitrogens with two attached hydrogens (primary N) is 2. The summed E-state index contributed by atoms with van der Waals surface area (Å²) in [6, 6.07) is 5.67. The van der Waals surface area contributed by atoms with E-state index < -0.39 is 11.9 Å². The smallest absolute Gasteiger partial charge is 0.236 e. The molecule has 0 aromatic heterocycles. The van der Waals surface area contributed by atoms with E-state index in [1.807, 2.05) is 6.07 Å². The Morgan fingerprint density at radius 2 is 2.12 bits per heavy atom. The molecule has 1 amide bonds. The van der Waals surface area contributed by atoms with Gasteiger partial charge in [0.1, 0.15) is 6.04 Å². The molecule has 2 rings (SSSR count). The summed E-state index contributed by atoms with van der Waals surface area (Å²) in [5, 5.41) is 3.13. The van der Waals surface area contributed by atoms with Gasteiger partial charge in [-0.2, -0.15) is 0 Å². The zero-order chi connectivity index (χ0) is 11.5. The van der Waals surface area contributed by atoms with Crippen LogP contribution in [0.5, 0.6) is 0 Å². The average Bonchev–Trinajstić information content (AvgIpc) is 2.72. The molecule has 0 saturated heterocycles. The lowest BCUT2D eigenvalue weighted by molar-refractivity contribution is -0.118. The number of hydrogen-bond acceptors (Lipinski definition) is 3. The Morgan fingerprint density at radius 3 is 2.88 bits per heavy atom. The Balaban J connectivity index is 1.98. The lowest BCUT2D eigenvalue weighted by Gasteiger charge is -2.11. The van der Waals surface area contributed by atoms with Crippen molar-refractivity contribution in [3.63, 3.8) is 0 Å². The van der Waals surface area contributed by atoms with E-state index in [0.717, 1.165) is 12.1 Å². The first-order valence-electron chi connectivity index (χ1n) is 5.57. The van der Waals surface area contributed by atoms with Gasteiger partial charge in [0.25, 0.3) is 0 Å². The summed E-state index contributed by atoms with van der Waals surface area (Å²) in [5.41, 5.74) is 14.5. The molecule has 4 heteroatoms. The van der Waals surface area contributed by atoms with Crippen LogP contribution in [0, 0.1) is 0 Å². The maximum atomic E-state index is 10.8. The highest BCUT2D eigenvalue weighted by Gasteiger charge is 2.12. The molecule has 0 aliphatic heterocycles. The average molecular weight is 219 g/mol. The van der Waals surface area contributed by atoms with E-state index in [-0.39, 0.29) is 0 Å². The van der Waals surface area contributed by atoms with Crippen LogP contribution < -0.4 is 16.8 Å². The highest BCUT2D eigenvalue weighted by atomic mass is 16.1. The molecule has 0 heterocycles. The molecular weight excluding hydrogens is 202 g/mol. The largest absolute Gasteiger partial charge is 0.383 e. The summed E-state index contributed by atoms with van der Waals surface area (Å²) in [7, 11) is 0. The maximum Gasteiger partial charge on any atom is 0.236 e. The van der Waals surface area contributed by atoms with E-state index >= 15 is 0 Å². The molecule has 5 N–H and O–H groups in total. The molecule has 0 bridgehead atoms. The minimum absolute atomic E-state index is 0.383. The first-order valence-corrected chi connectivity index (χ1v) is 5.57. The van der Waals surface area contributed by atoms with Crippen molar-refractivity contribution >= 4 is 11.6 Å². The van der Waals surface area contributed by atoms with Gasteiger partial charge in [0.05, 0.1) is 0 Å². The van der Waals surface area contributed by atoms with Crippen LogP contribution in [0.25, 0.3) is 0 Å². The number of carbonyl (C=O) groups is 1. The van der Waals surface area contributed by atoms with E-state index in [4.69, 9.17) is 11.5 Å². The second-order valence-corrected chi connectivity index (χ2v) is 4.23. The Bertz CT molecular complexity index is 403. The molecule has 0 radical (unpaired) electrons. The molecule has 0 fully saturated rings. The van der Waals surface area contributed by atoms with Gasteiger partial charge >= 0.3 is 0 Å². The molecule has 4 nitrogen and oxygen atoms in total. The fourth-order valence-corrected chi connectivity index (χ4v) is 2.01. The summed E-state index contributed by atoms with van der Waals surface area (Å²) in [6.45, 7) is 0.383. The van der Waals surface area contributed by atoms with Crippen LogP contribution in [-0.4, -0.2) is 18.5 Å². The Kier molecular flexibility index (Phi) is 3.10. The third-order valence-electron chi connectivity index (χ3n) is 2.99. The number of aryl methyl sites for hydroxylation is 2. The van der Waals surface area contributed by atoms with Crippen molar-refractivity contribution in [2.75, 3.05) is 11.9 Å². The number of rotatable bonds is 4. The summed E-state index contributed by atoms with van der Waals surface area (Å²) in [5.74, 6) is -0.478. The predicted molar refractivity (Wildman–Crippen MR) is 64.1 cm³/mol. The monoisotopic (exact) mass is 219 g/mol. The third-order valence-corrected chi connectivity index (χ3v) is 2.99. The van der Waals surface area contributed by atoms with Gasteiger partial charge in [-0.15, -0.1) is 0 Å². The number of carbonyl (C=O) groups excluding carboxylic acids is 1. The van der Waals surface area contributed by atoms with Crippen LogP contribution in [0.3, 0.4) is 0 Å². The number of benzene rings is 1. The summed E-state index contributed by atoms with van der Waals surface area (Å²) < 4.78 is 0. The molecule has 1 aliphatic rings. The lowest BCUT2D eigenvalue weighted by atomic mass is 10.1. The van der Waals surface area contributed by atoms with Crippen molar-refractivity contribution in [2.24, 2.45) is 11.5 Å². The Labute approximate surface area is 95.0 Å². The van der Waals surface area contributed by atoms with Gasteiger partial charge < -0.3 is 16.8 Å². The standard InChI is InChI=1S/C12H17N3O/c13-11(12(14)16)7-15-10-5-4-8-2-1-3-9(8)6-10/h4-6,11,15H,1-3,7,13H2,(H2,14,16). The molecule has 1 aromatic carbocycles. The fourth-order valence-electron chi connectivity index (χ4n) is 2.01. The second-order valence-electron chi connectivity index (χ2n) is 4.23. The quantitative estimate of drug-likeness (QED) is 0.685. The van der Waals surface area contributed by atoms with E-state index in [9.17, 15) is 4.79 Å². The SMILES string of the molecule is NC(=O)C(N)CNc1ccc2c(c1)CCC2. The zero-order valence-electron chi connectivity index (χ0n) is 9.20. The van der Waals surface area contributed by atoms with Gasteiger partial charge in [-0.1, -0.05) is 6.07 Å². The van der Waals surface area contributed by atoms with Gasteiger partial charge in [0.2, 0.25) is 5.91 Å². The molecule has 0 saturated carbocycles. The van der Waals surface area contributed by atoms with Crippen molar-refractivity contribution in [3.8, 4) is 0 Å². The van der Waals surface area contributed by atoms with E-state index in [0.29, 0.717) is 6.54 Å². The normalized spacial score (nSPS) is 15.6. The highest BCUT2D eigenvalue weighted by molar-refractivity contribution is 5.80. The Hall–Kier alpha value is -1.55. The van der Waals surface area contributed by atoms with Gasteiger partial charge in [-0.3, -0.25) is 4.79 Å². The minimum Gasteiger partial charge on any atom is -0.383 e. The predicted octanol–water partition coefficient (Wildman–Crippen LogP) is 0.400. The zero-order valence-corrected chi connectivity index (χ0v) is 9.20. The molecule has 1 unspecified atom stereocenters. The number of nitrogens with one attached hydrogen (secondary N) is 1. The number of primary amides is 1. The van der Waals surface area contributed by atoms with Gasteiger partial charge in [0.15, 0.2) is 0 Å². The second kappa shape index (κ2) is 4.53. The van der Waals surface area contributed by atoms with Crippen LogP contribution in [0.1, 0.15) is 17.5 Å².